The number of piperidine rings is 1. The molecule has 3 heterocycles. The lowest BCUT2D eigenvalue weighted by atomic mass is 10.0. The highest BCUT2D eigenvalue weighted by Gasteiger charge is 2.32. The second kappa shape index (κ2) is 6.01. The Kier molecular flexibility index (Phi) is 4.23. The molecule has 3 rings (SSSR count). The van der Waals surface area contributed by atoms with Crippen LogP contribution in [0.3, 0.4) is 0 Å². The zero-order chi connectivity index (χ0) is 15.9. The molecule has 1 aromatic rings. The molecule has 0 saturated carbocycles. The van der Waals surface area contributed by atoms with Gasteiger partial charge in [0.25, 0.3) is 5.91 Å². The number of hydrogen-bond acceptors (Lipinski definition) is 2. The van der Waals surface area contributed by atoms with Crippen LogP contribution in [-0.2, 0) is 7.05 Å². The van der Waals surface area contributed by atoms with Gasteiger partial charge in [0.1, 0.15) is 10.8 Å². The van der Waals surface area contributed by atoms with Crippen molar-refractivity contribution in [1.82, 2.24) is 19.7 Å². The predicted octanol–water partition coefficient (Wildman–Crippen LogP) is 1.96. The lowest BCUT2D eigenvalue weighted by molar-refractivity contribution is 0.0657. The fraction of sp³-hybridized carbons (Fsp3) is 0.571. The Hall–Kier alpha value is -1.40. The first-order valence-corrected chi connectivity index (χ1v) is 8.09. The number of likely N-dealkylation sites (tertiary alicyclic amines) is 1. The van der Waals surface area contributed by atoms with Crippen LogP contribution in [0.5, 0.6) is 0 Å². The number of carbonyl (C=O) groups excluding carboxylic acids is 2. The van der Waals surface area contributed by atoms with E-state index in [1.165, 1.54) is 0 Å². The zero-order valence-electron chi connectivity index (χ0n) is 12.3. The Balaban J connectivity index is 1.64. The third kappa shape index (κ3) is 2.65. The van der Waals surface area contributed by atoms with Gasteiger partial charge in [-0.2, -0.15) is 0 Å². The number of nitrogens with zero attached hydrogens (tertiary/aromatic N) is 3. The van der Waals surface area contributed by atoms with Crippen molar-refractivity contribution in [2.24, 2.45) is 7.05 Å². The fourth-order valence-electron chi connectivity index (χ4n) is 3.12. The summed E-state index contributed by atoms with van der Waals surface area (Å²) in [4.78, 5) is 27.9. The van der Waals surface area contributed by atoms with Crippen molar-refractivity contribution >= 4 is 35.1 Å². The maximum Gasteiger partial charge on any atom is 0.317 e. The highest BCUT2D eigenvalue weighted by atomic mass is 35.5. The first-order valence-electron chi connectivity index (χ1n) is 7.33. The maximum absolute atomic E-state index is 12.6. The largest absolute Gasteiger partial charge is 0.337 e. The smallest absolute Gasteiger partial charge is 0.317 e. The Bertz CT molecular complexity index is 608. The minimum atomic E-state index is -0.0689. The van der Waals surface area contributed by atoms with E-state index in [1.807, 2.05) is 4.90 Å². The number of halogens is 2. The summed E-state index contributed by atoms with van der Waals surface area (Å²) < 4.78 is 1.60. The Morgan fingerprint density at radius 1 is 1.27 bits per heavy atom. The summed E-state index contributed by atoms with van der Waals surface area (Å²) in [5.74, 6) is -0.0689. The molecule has 2 fully saturated rings. The quantitative estimate of drug-likeness (QED) is 0.891. The molecule has 2 aliphatic heterocycles. The van der Waals surface area contributed by atoms with Crippen LogP contribution in [0.15, 0.2) is 6.07 Å². The van der Waals surface area contributed by atoms with Gasteiger partial charge in [0.05, 0.1) is 5.02 Å². The highest BCUT2D eigenvalue weighted by Crippen LogP contribution is 2.27. The summed E-state index contributed by atoms with van der Waals surface area (Å²) in [5.41, 5.74) is 0.493. The van der Waals surface area contributed by atoms with Crippen molar-refractivity contribution < 1.29 is 9.59 Å². The average molecular weight is 345 g/mol. The van der Waals surface area contributed by atoms with E-state index < -0.39 is 0 Å². The van der Waals surface area contributed by atoms with E-state index in [2.05, 4.69) is 5.32 Å². The third-order valence-corrected chi connectivity index (χ3v) is 5.26. The lowest BCUT2D eigenvalue weighted by Crippen LogP contribution is -2.48. The van der Waals surface area contributed by atoms with E-state index in [9.17, 15) is 9.59 Å². The van der Waals surface area contributed by atoms with Gasteiger partial charge in [0, 0.05) is 39.3 Å². The monoisotopic (exact) mass is 344 g/mol. The molecule has 3 amide bonds. The van der Waals surface area contributed by atoms with Gasteiger partial charge in [-0.05, 0) is 18.9 Å². The molecule has 0 atom stereocenters. The first-order chi connectivity index (χ1) is 10.5. The highest BCUT2D eigenvalue weighted by molar-refractivity contribution is 6.41. The van der Waals surface area contributed by atoms with Crippen LogP contribution in [0.1, 0.15) is 23.3 Å². The molecule has 120 valence electrons. The number of hydrogen-bond donors (Lipinski definition) is 1. The number of aromatic nitrogens is 1. The molecule has 8 heteroatoms. The van der Waals surface area contributed by atoms with Crippen LogP contribution < -0.4 is 5.32 Å². The molecule has 0 aliphatic carbocycles. The molecule has 2 aliphatic rings. The third-order valence-electron chi connectivity index (χ3n) is 4.42. The van der Waals surface area contributed by atoms with E-state index in [4.69, 9.17) is 23.2 Å². The van der Waals surface area contributed by atoms with E-state index in [0.717, 1.165) is 19.4 Å². The van der Waals surface area contributed by atoms with Crippen molar-refractivity contribution in [1.29, 1.82) is 0 Å². The molecule has 6 nitrogen and oxygen atoms in total. The summed E-state index contributed by atoms with van der Waals surface area (Å²) >= 11 is 12.0. The molecular weight excluding hydrogens is 327 g/mol. The molecule has 22 heavy (non-hydrogen) atoms. The predicted molar refractivity (Wildman–Crippen MR) is 84.5 cm³/mol. The number of amides is 3. The topological polar surface area (TPSA) is 57.6 Å². The normalized spacial score (nSPS) is 19.7. The van der Waals surface area contributed by atoms with Gasteiger partial charge in [-0.3, -0.25) is 4.79 Å². The maximum atomic E-state index is 12.6. The van der Waals surface area contributed by atoms with Crippen molar-refractivity contribution in [2.75, 3.05) is 26.2 Å². The molecular formula is C14H18Cl2N4O2. The van der Waals surface area contributed by atoms with Gasteiger partial charge >= 0.3 is 6.03 Å². The summed E-state index contributed by atoms with van der Waals surface area (Å²) in [5, 5.41) is 3.57. The van der Waals surface area contributed by atoms with Crippen LogP contribution in [0, 0.1) is 0 Å². The van der Waals surface area contributed by atoms with Crippen LogP contribution in [0.4, 0.5) is 4.79 Å². The van der Waals surface area contributed by atoms with Gasteiger partial charge in [0.2, 0.25) is 0 Å². The number of nitrogens with one attached hydrogen (secondary N) is 1. The molecule has 0 bridgehead atoms. The number of carbonyl (C=O) groups is 2. The van der Waals surface area contributed by atoms with Crippen molar-refractivity contribution in [2.45, 2.75) is 18.9 Å². The van der Waals surface area contributed by atoms with Crippen LogP contribution in [-0.4, -0.2) is 58.5 Å². The van der Waals surface area contributed by atoms with E-state index >= 15 is 0 Å². The molecule has 1 aromatic heterocycles. The second-order valence-corrected chi connectivity index (χ2v) is 6.44. The molecule has 0 unspecified atom stereocenters. The van der Waals surface area contributed by atoms with Crippen molar-refractivity contribution in [3.05, 3.63) is 21.9 Å². The zero-order valence-corrected chi connectivity index (χ0v) is 13.8. The van der Waals surface area contributed by atoms with Crippen molar-refractivity contribution in [3.8, 4) is 0 Å². The van der Waals surface area contributed by atoms with E-state index in [0.29, 0.717) is 35.5 Å². The molecule has 0 radical (unpaired) electrons. The summed E-state index contributed by atoms with van der Waals surface area (Å²) in [6, 6.07) is 1.82. The molecule has 1 N–H and O–H groups in total. The lowest BCUT2D eigenvalue weighted by Gasteiger charge is -2.36. The molecule has 2 saturated heterocycles. The van der Waals surface area contributed by atoms with Crippen LogP contribution in [0.2, 0.25) is 10.2 Å². The van der Waals surface area contributed by atoms with Crippen molar-refractivity contribution in [3.63, 3.8) is 0 Å². The van der Waals surface area contributed by atoms with E-state index in [1.54, 1.807) is 22.6 Å². The fourth-order valence-corrected chi connectivity index (χ4v) is 3.50. The van der Waals surface area contributed by atoms with Crippen LogP contribution in [0.25, 0.3) is 0 Å². The molecule has 0 aromatic carbocycles. The standard InChI is InChI=1S/C14H18Cl2N4O2/c1-18-11(8-10(15)12(18)16)13(21)19-5-2-9(3-6-19)20-7-4-17-14(20)22/h8-9H,2-7H2,1H3,(H,17,22). The summed E-state index contributed by atoms with van der Waals surface area (Å²) in [6.07, 6.45) is 1.59. The molecule has 0 spiro atoms. The van der Waals surface area contributed by atoms with Gasteiger partial charge in [-0.25, -0.2) is 4.79 Å². The summed E-state index contributed by atoms with van der Waals surface area (Å²) in [6.45, 7) is 2.72. The van der Waals surface area contributed by atoms with Gasteiger partial charge in [0.15, 0.2) is 0 Å². The summed E-state index contributed by atoms with van der Waals surface area (Å²) in [7, 11) is 1.72. The second-order valence-electron chi connectivity index (χ2n) is 5.68. The van der Waals surface area contributed by atoms with Crippen LogP contribution >= 0.6 is 23.2 Å². The van der Waals surface area contributed by atoms with Gasteiger partial charge < -0.3 is 19.7 Å². The minimum Gasteiger partial charge on any atom is -0.337 e. The Morgan fingerprint density at radius 3 is 2.45 bits per heavy atom. The number of rotatable bonds is 2. The Labute approximate surface area is 138 Å². The number of urea groups is 1. The van der Waals surface area contributed by atoms with Gasteiger partial charge in [-0.1, -0.05) is 23.2 Å². The minimum absolute atomic E-state index is 0.00535. The average Bonchev–Trinajstić information content (AvgIpc) is 3.06. The SMILES string of the molecule is Cn1c(C(=O)N2CCC(N3CCNC3=O)CC2)cc(Cl)c1Cl. The Morgan fingerprint density at radius 2 is 1.95 bits per heavy atom. The van der Waals surface area contributed by atoms with E-state index in [-0.39, 0.29) is 18.0 Å². The van der Waals surface area contributed by atoms with Gasteiger partial charge in [-0.15, -0.1) is 0 Å². The first kappa shape index (κ1) is 15.5.